The molecule has 0 saturated carbocycles. The number of hydrogen-bond donors (Lipinski definition) is 1. The van der Waals surface area contributed by atoms with Crippen LogP contribution in [0, 0.1) is 5.82 Å². The fourth-order valence-corrected chi connectivity index (χ4v) is 1.44. The highest BCUT2D eigenvalue weighted by molar-refractivity contribution is 5.63. The summed E-state index contributed by atoms with van der Waals surface area (Å²) in [5.74, 6) is -0.361. The molecule has 0 fully saturated rings. The second kappa shape index (κ2) is 4.19. The Morgan fingerprint density at radius 1 is 1.13 bits per heavy atom. The van der Waals surface area contributed by atoms with Crippen molar-refractivity contribution in [1.29, 1.82) is 0 Å². The molecular weight excluding hydrogens is 193 g/mol. The van der Waals surface area contributed by atoms with E-state index in [9.17, 15) is 4.39 Å². The van der Waals surface area contributed by atoms with Crippen molar-refractivity contribution in [3.05, 3.63) is 54.0 Å². The molecule has 0 unspecified atom stereocenters. The zero-order chi connectivity index (χ0) is 10.7. The third kappa shape index (κ3) is 2.02. The van der Waals surface area contributed by atoms with E-state index in [1.807, 2.05) is 24.3 Å². The standard InChI is InChI=1S/C12H10FNO/c13-10-5-6-12(14-7-10)11-4-2-1-3-9(11)8-15/h1-7,15H,8H2. The van der Waals surface area contributed by atoms with Gasteiger partial charge in [0.2, 0.25) is 0 Å². The minimum Gasteiger partial charge on any atom is -0.392 e. The summed E-state index contributed by atoms with van der Waals surface area (Å²) in [5.41, 5.74) is 2.29. The Hall–Kier alpha value is -1.74. The quantitative estimate of drug-likeness (QED) is 0.812. The summed E-state index contributed by atoms with van der Waals surface area (Å²) >= 11 is 0. The van der Waals surface area contributed by atoms with E-state index in [0.717, 1.165) is 11.1 Å². The predicted octanol–water partition coefficient (Wildman–Crippen LogP) is 2.38. The van der Waals surface area contributed by atoms with E-state index in [-0.39, 0.29) is 12.4 Å². The molecule has 0 aliphatic rings. The van der Waals surface area contributed by atoms with Crippen LogP contribution in [0.5, 0.6) is 0 Å². The van der Waals surface area contributed by atoms with Gasteiger partial charge in [0.15, 0.2) is 0 Å². The third-order valence-corrected chi connectivity index (χ3v) is 2.19. The Kier molecular flexibility index (Phi) is 2.74. The van der Waals surface area contributed by atoms with Gasteiger partial charge >= 0.3 is 0 Å². The Labute approximate surface area is 87.0 Å². The van der Waals surface area contributed by atoms with Crippen molar-refractivity contribution in [3.8, 4) is 11.3 Å². The lowest BCUT2D eigenvalue weighted by molar-refractivity contribution is 0.282. The van der Waals surface area contributed by atoms with Crippen LogP contribution in [0.25, 0.3) is 11.3 Å². The largest absolute Gasteiger partial charge is 0.392 e. The molecule has 0 amide bonds. The molecule has 0 aliphatic carbocycles. The Balaban J connectivity index is 2.49. The average molecular weight is 203 g/mol. The summed E-state index contributed by atoms with van der Waals surface area (Å²) in [4.78, 5) is 3.97. The van der Waals surface area contributed by atoms with Gasteiger partial charge in [0.25, 0.3) is 0 Å². The lowest BCUT2D eigenvalue weighted by Crippen LogP contribution is -1.91. The van der Waals surface area contributed by atoms with Crippen LogP contribution in [-0.2, 0) is 6.61 Å². The maximum atomic E-state index is 12.7. The van der Waals surface area contributed by atoms with Crippen LogP contribution in [0.15, 0.2) is 42.6 Å². The first-order chi connectivity index (χ1) is 7.31. The summed E-state index contributed by atoms with van der Waals surface area (Å²) in [6, 6.07) is 10.3. The lowest BCUT2D eigenvalue weighted by Gasteiger charge is -2.05. The summed E-state index contributed by atoms with van der Waals surface area (Å²) < 4.78 is 12.7. The summed E-state index contributed by atoms with van der Waals surface area (Å²) in [5, 5.41) is 9.13. The molecule has 1 N–H and O–H groups in total. The van der Waals surface area contributed by atoms with Crippen LogP contribution in [0.3, 0.4) is 0 Å². The van der Waals surface area contributed by atoms with E-state index in [2.05, 4.69) is 4.98 Å². The molecule has 0 spiro atoms. The molecule has 0 bridgehead atoms. The van der Waals surface area contributed by atoms with Gasteiger partial charge in [-0.05, 0) is 17.7 Å². The SMILES string of the molecule is OCc1ccccc1-c1ccc(F)cn1. The maximum Gasteiger partial charge on any atom is 0.141 e. The van der Waals surface area contributed by atoms with Crippen molar-refractivity contribution in [2.75, 3.05) is 0 Å². The first-order valence-corrected chi connectivity index (χ1v) is 4.62. The van der Waals surface area contributed by atoms with Crippen molar-refractivity contribution < 1.29 is 9.50 Å². The number of hydrogen-bond acceptors (Lipinski definition) is 2. The topological polar surface area (TPSA) is 33.1 Å². The number of nitrogens with zero attached hydrogens (tertiary/aromatic N) is 1. The zero-order valence-corrected chi connectivity index (χ0v) is 8.02. The molecule has 0 aliphatic heterocycles. The fraction of sp³-hybridized carbons (Fsp3) is 0.0833. The highest BCUT2D eigenvalue weighted by Crippen LogP contribution is 2.21. The number of aliphatic hydroxyl groups is 1. The maximum absolute atomic E-state index is 12.7. The minimum absolute atomic E-state index is 0.0464. The van der Waals surface area contributed by atoms with Crippen LogP contribution in [-0.4, -0.2) is 10.1 Å². The van der Waals surface area contributed by atoms with E-state index < -0.39 is 0 Å². The van der Waals surface area contributed by atoms with Crippen molar-refractivity contribution in [2.45, 2.75) is 6.61 Å². The van der Waals surface area contributed by atoms with Gasteiger partial charge in [-0.25, -0.2) is 4.39 Å². The van der Waals surface area contributed by atoms with Gasteiger partial charge in [-0.15, -0.1) is 0 Å². The van der Waals surface area contributed by atoms with Gasteiger partial charge < -0.3 is 5.11 Å². The number of halogens is 1. The van der Waals surface area contributed by atoms with Crippen molar-refractivity contribution in [2.24, 2.45) is 0 Å². The van der Waals surface area contributed by atoms with Crippen LogP contribution in [0.4, 0.5) is 4.39 Å². The van der Waals surface area contributed by atoms with E-state index in [1.165, 1.54) is 12.3 Å². The highest BCUT2D eigenvalue weighted by atomic mass is 19.1. The number of rotatable bonds is 2. The second-order valence-corrected chi connectivity index (χ2v) is 3.18. The molecule has 2 nitrogen and oxygen atoms in total. The second-order valence-electron chi connectivity index (χ2n) is 3.18. The zero-order valence-electron chi connectivity index (χ0n) is 8.02. The van der Waals surface area contributed by atoms with Crippen molar-refractivity contribution in [1.82, 2.24) is 4.98 Å². The fourth-order valence-electron chi connectivity index (χ4n) is 1.44. The number of benzene rings is 1. The first kappa shape index (κ1) is 9.80. The Bertz CT molecular complexity index is 453. The molecular formula is C12H10FNO. The van der Waals surface area contributed by atoms with Crippen LogP contribution >= 0.6 is 0 Å². The Morgan fingerprint density at radius 3 is 2.60 bits per heavy atom. The number of aromatic nitrogens is 1. The van der Waals surface area contributed by atoms with Gasteiger partial charge in [0.05, 0.1) is 18.5 Å². The van der Waals surface area contributed by atoms with Gasteiger partial charge in [0.1, 0.15) is 5.82 Å². The van der Waals surface area contributed by atoms with E-state index >= 15 is 0 Å². The molecule has 1 aromatic heterocycles. The molecule has 2 rings (SSSR count). The smallest absolute Gasteiger partial charge is 0.141 e. The summed E-state index contributed by atoms with van der Waals surface area (Å²) in [7, 11) is 0. The molecule has 1 aromatic carbocycles. The summed E-state index contributed by atoms with van der Waals surface area (Å²) in [6.45, 7) is -0.0464. The highest BCUT2D eigenvalue weighted by Gasteiger charge is 2.04. The normalized spacial score (nSPS) is 10.3. The van der Waals surface area contributed by atoms with Crippen molar-refractivity contribution in [3.63, 3.8) is 0 Å². The predicted molar refractivity (Wildman–Crippen MR) is 55.6 cm³/mol. The lowest BCUT2D eigenvalue weighted by atomic mass is 10.0. The van der Waals surface area contributed by atoms with Gasteiger partial charge in [-0.3, -0.25) is 4.98 Å². The van der Waals surface area contributed by atoms with Gasteiger partial charge in [-0.2, -0.15) is 0 Å². The molecule has 1 heterocycles. The third-order valence-electron chi connectivity index (χ3n) is 2.19. The molecule has 3 heteroatoms. The molecule has 76 valence electrons. The number of pyridine rings is 1. The monoisotopic (exact) mass is 203 g/mol. The van der Waals surface area contributed by atoms with Crippen LogP contribution in [0.1, 0.15) is 5.56 Å². The summed E-state index contributed by atoms with van der Waals surface area (Å²) in [6.07, 6.45) is 1.17. The minimum atomic E-state index is -0.361. The van der Waals surface area contributed by atoms with Crippen LogP contribution < -0.4 is 0 Å². The van der Waals surface area contributed by atoms with E-state index in [0.29, 0.717) is 5.69 Å². The van der Waals surface area contributed by atoms with E-state index in [4.69, 9.17) is 5.11 Å². The molecule has 2 aromatic rings. The molecule has 0 saturated heterocycles. The van der Waals surface area contributed by atoms with Gasteiger partial charge in [-0.1, -0.05) is 24.3 Å². The molecule has 0 radical (unpaired) electrons. The van der Waals surface area contributed by atoms with E-state index in [1.54, 1.807) is 6.07 Å². The van der Waals surface area contributed by atoms with Gasteiger partial charge in [0, 0.05) is 5.56 Å². The molecule has 15 heavy (non-hydrogen) atoms. The average Bonchev–Trinajstić information content (AvgIpc) is 2.30. The van der Waals surface area contributed by atoms with Crippen LogP contribution in [0.2, 0.25) is 0 Å². The first-order valence-electron chi connectivity index (χ1n) is 4.62. The number of aliphatic hydroxyl groups excluding tert-OH is 1. The Morgan fingerprint density at radius 2 is 1.93 bits per heavy atom. The van der Waals surface area contributed by atoms with Crippen molar-refractivity contribution >= 4 is 0 Å². The molecule has 0 atom stereocenters.